The molecule has 1 unspecified atom stereocenters. The summed E-state index contributed by atoms with van der Waals surface area (Å²) < 4.78 is 10.0. The maximum Gasteiger partial charge on any atom is 0.338 e. The minimum Gasteiger partial charge on any atom is -0.504 e. The fourth-order valence-electron chi connectivity index (χ4n) is 2.31. The van der Waals surface area contributed by atoms with Gasteiger partial charge in [0.25, 0.3) is 0 Å². The Labute approximate surface area is 127 Å². The summed E-state index contributed by atoms with van der Waals surface area (Å²) in [6.45, 7) is 3.56. The van der Waals surface area contributed by atoms with E-state index in [2.05, 4.69) is 10.6 Å². The number of carbonyl (C=O) groups is 2. The van der Waals surface area contributed by atoms with Gasteiger partial charge in [0, 0.05) is 5.70 Å². The molecule has 22 heavy (non-hydrogen) atoms. The Bertz CT molecular complexity index is 639. The molecule has 0 bridgehead atoms. The molecule has 0 saturated carbocycles. The fraction of sp³-hybridized carbons (Fsp3) is 0.333. The van der Waals surface area contributed by atoms with Crippen LogP contribution in [0.1, 0.15) is 25.5 Å². The molecule has 2 rings (SSSR count). The minimum atomic E-state index is -0.704. The van der Waals surface area contributed by atoms with Crippen molar-refractivity contribution in [3.8, 4) is 11.5 Å². The van der Waals surface area contributed by atoms with Gasteiger partial charge in [-0.3, -0.25) is 0 Å². The van der Waals surface area contributed by atoms with Gasteiger partial charge in [0.1, 0.15) is 0 Å². The molecule has 2 amide bonds. The van der Waals surface area contributed by atoms with Gasteiger partial charge < -0.3 is 25.2 Å². The molecule has 118 valence electrons. The quantitative estimate of drug-likeness (QED) is 0.734. The molecule has 0 radical (unpaired) electrons. The van der Waals surface area contributed by atoms with Gasteiger partial charge in [0.05, 0.1) is 25.3 Å². The molecule has 0 aliphatic carbocycles. The third-order valence-corrected chi connectivity index (χ3v) is 3.30. The number of benzene rings is 1. The van der Waals surface area contributed by atoms with E-state index in [-0.39, 0.29) is 12.4 Å². The number of urea groups is 1. The molecular weight excluding hydrogens is 288 g/mol. The van der Waals surface area contributed by atoms with Crippen molar-refractivity contribution in [2.24, 2.45) is 0 Å². The summed E-state index contributed by atoms with van der Waals surface area (Å²) in [7, 11) is 1.44. The largest absolute Gasteiger partial charge is 0.504 e. The molecule has 0 fully saturated rings. The summed E-state index contributed by atoms with van der Waals surface area (Å²) in [5, 5.41) is 15.1. The Hall–Kier alpha value is -2.70. The lowest BCUT2D eigenvalue weighted by Crippen LogP contribution is -2.45. The zero-order valence-corrected chi connectivity index (χ0v) is 12.6. The minimum absolute atomic E-state index is 0.0753. The first-order valence-electron chi connectivity index (χ1n) is 6.80. The van der Waals surface area contributed by atoms with Gasteiger partial charge in [-0.05, 0) is 31.5 Å². The highest BCUT2D eigenvalue weighted by Crippen LogP contribution is 2.33. The molecule has 7 heteroatoms. The number of methoxy groups -OCH3 is 1. The zero-order valence-electron chi connectivity index (χ0n) is 12.6. The number of esters is 1. The van der Waals surface area contributed by atoms with Gasteiger partial charge in [0.2, 0.25) is 0 Å². The van der Waals surface area contributed by atoms with Crippen molar-refractivity contribution in [3.63, 3.8) is 0 Å². The first-order chi connectivity index (χ1) is 10.5. The average Bonchev–Trinajstić information content (AvgIpc) is 2.46. The highest BCUT2D eigenvalue weighted by atomic mass is 16.5. The number of aromatic hydroxyl groups is 1. The second-order valence-corrected chi connectivity index (χ2v) is 4.72. The van der Waals surface area contributed by atoms with Crippen molar-refractivity contribution in [1.29, 1.82) is 0 Å². The standard InChI is InChI=1S/C15H18N2O5/c1-4-22-14(19)12-8(2)16-15(20)17-13(12)9-5-6-11(21-3)10(18)7-9/h5-7,13,18H,4H2,1-3H3,(H2,16,17,20). The fourth-order valence-corrected chi connectivity index (χ4v) is 2.31. The number of phenolic OH excluding ortho intramolecular Hbond substituents is 1. The molecule has 1 aliphatic rings. The summed E-state index contributed by atoms with van der Waals surface area (Å²) in [6.07, 6.45) is 0. The molecule has 7 nitrogen and oxygen atoms in total. The van der Waals surface area contributed by atoms with Crippen LogP contribution in [-0.2, 0) is 9.53 Å². The molecule has 1 aliphatic heterocycles. The number of hydrogen-bond donors (Lipinski definition) is 3. The smallest absolute Gasteiger partial charge is 0.338 e. The van der Waals surface area contributed by atoms with Crippen LogP contribution in [0.3, 0.4) is 0 Å². The van der Waals surface area contributed by atoms with Gasteiger partial charge in [-0.25, -0.2) is 9.59 Å². The molecule has 0 aromatic heterocycles. The number of allylic oxidation sites excluding steroid dienone is 1. The second kappa shape index (κ2) is 6.38. The van der Waals surface area contributed by atoms with E-state index in [1.54, 1.807) is 26.0 Å². The van der Waals surface area contributed by atoms with Crippen LogP contribution in [0.15, 0.2) is 29.5 Å². The molecule has 1 atom stereocenters. The first kappa shape index (κ1) is 15.7. The number of hydrogen-bond acceptors (Lipinski definition) is 5. The van der Waals surface area contributed by atoms with Crippen LogP contribution in [-0.4, -0.2) is 30.8 Å². The van der Waals surface area contributed by atoms with Crippen LogP contribution in [0.25, 0.3) is 0 Å². The second-order valence-electron chi connectivity index (χ2n) is 4.72. The Balaban J connectivity index is 2.45. The number of rotatable bonds is 4. The van der Waals surface area contributed by atoms with E-state index in [9.17, 15) is 14.7 Å². The van der Waals surface area contributed by atoms with E-state index in [1.165, 1.54) is 13.2 Å². The van der Waals surface area contributed by atoms with Crippen molar-refractivity contribution in [3.05, 3.63) is 35.0 Å². The van der Waals surface area contributed by atoms with Gasteiger partial charge in [-0.2, -0.15) is 0 Å². The monoisotopic (exact) mass is 306 g/mol. The first-order valence-corrected chi connectivity index (χ1v) is 6.80. The maximum absolute atomic E-state index is 12.1. The van der Waals surface area contributed by atoms with Crippen LogP contribution in [0.4, 0.5) is 4.79 Å². The highest BCUT2D eigenvalue weighted by molar-refractivity contribution is 5.95. The van der Waals surface area contributed by atoms with Crippen LogP contribution in [0.2, 0.25) is 0 Å². The lowest BCUT2D eigenvalue weighted by atomic mass is 9.95. The number of carbonyl (C=O) groups excluding carboxylic acids is 2. The molecule has 1 aromatic rings. The average molecular weight is 306 g/mol. The normalized spacial score (nSPS) is 17.6. The van der Waals surface area contributed by atoms with E-state index < -0.39 is 18.0 Å². The Morgan fingerprint density at radius 1 is 1.41 bits per heavy atom. The predicted octanol–water partition coefficient (Wildman–Crippen LogP) is 1.59. The lowest BCUT2D eigenvalue weighted by Gasteiger charge is -2.28. The van der Waals surface area contributed by atoms with Crippen molar-refractivity contribution >= 4 is 12.0 Å². The summed E-state index contributed by atoms with van der Waals surface area (Å²) in [6, 6.07) is 3.55. The van der Waals surface area contributed by atoms with Gasteiger partial charge in [-0.1, -0.05) is 6.07 Å². The molecule has 0 saturated heterocycles. The van der Waals surface area contributed by atoms with Crippen LogP contribution in [0.5, 0.6) is 11.5 Å². The Morgan fingerprint density at radius 2 is 2.14 bits per heavy atom. The van der Waals surface area contributed by atoms with Crippen LogP contribution in [0, 0.1) is 0 Å². The lowest BCUT2D eigenvalue weighted by molar-refractivity contribution is -0.139. The summed E-state index contributed by atoms with van der Waals surface area (Å²) in [4.78, 5) is 23.8. The van der Waals surface area contributed by atoms with Crippen molar-refractivity contribution in [2.75, 3.05) is 13.7 Å². The molecule has 1 heterocycles. The number of phenols is 1. The number of nitrogens with one attached hydrogen (secondary N) is 2. The third kappa shape index (κ3) is 2.98. The van der Waals surface area contributed by atoms with Crippen LogP contribution >= 0.6 is 0 Å². The highest BCUT2D eigenvalue weighted by Gasteiger charge is 2.32. The summed E-state index contributed by atoms with van der Waals surface area (Å²) >= 11 is 0. The number of ether oxygens (including phenoxy) is 2. The molecular formula is C15H18N2O5. The third-order valence-electron chi connectivity index (χ3n) is 3.30. The topological polar surface area (TPSA) is 96.9 Å². The summed E-state index contributed by atoms with van der Waals surface area (Å²) in [5.41, 5.74) is 1.27. The van der Waals surface area contributed by atoms with Crippen molar-refractivity contribution in [2.45, 2.75) is 19.9 Å². The summed E-state index contributed by atoms with van der Waals surface area (Å²) in [5.74, 6) is -0.288. The Morgan fingerprint density at radius 3 is 2.73 bits per heavy atom. The van der Waals surface area contributed by atoms with Gasteiger partial charge >= 0.3 is 12.0 Å². The van der Waals surface area contributed by atoms with E-state index in [0.29, 0.717) is 22.6 Å². The van der Waals surface area contributed by atoms with Crippen molar-refractivity contribution in [1.82, 2.24) is 10.6 Å². The number of amides is 2. The molecule has 1 aromatic carbocycles. The van der Waals surface area contributed by atoms with Gasteiger partial charge in [-0.15, -0.1) is 0 Å². The van der Waals surface area contributed by atoms with Crippen LogP contribution < -0.4 is 15.4 Å². The SMILES string of the molecule is CCOC(=O)C1=C(C)NC(=O)NC1c1ccc(OC)c(O)c1. The van der Waals surface area contributed by atoms with E-state index >= 15 is 0 Å². The Kier molecular flexibility index (Phi) is 4.55. The van der Waals surface area contributed by atoms with E-state index in [1.807, 2.05) is 0 Å². The molecule has 0 spiro atoms. The van der Waals surface area contributed by atoms with Gasteiger partial charge in [0.15, 0.2) is 11.5 Å². The zero-order chi connectivity index (χ0) is 16.3. The predicted molar refractivity (Wildman–Crippen MR) is 78.4 cm³/mol. The van der Waals surface area contributed by atoms with E-state index in [4.69, 9.17) is 9.47 Å². The van der Waals surface area contributed by atoms with E-state index in [0.717, 1.165) is 0 Å². The maximum atomic E-state index is 12.1. The molecule has 3 N–H and O–H groups in total. The van der Waals surface area contributed by atoms with Crippen molar-refractivity contribution < 1.29 is 24.2 Å².